The third-order valence-corrected chi connectivity index (χ3v) is 12.3. The Morgan fingerprint density at radius 1 is 0.526 bits per heavy atom. The normalized spacial score (nSPS) is 14.3. The van der Waals surface area contributed by atoms with Crippen molar-refractivity contribution in [2.24, 2.45) is 0 Å². The van der Waals surface area contributed by atoms with Crippen molar-refractivity contribution in [3.05, 3.63) is 0 Å². The quantitative estimate of drug-likeness (QED) is 0.247. The summed E-state index contributed by atoms with van der Waals surface area (Å²) in [4.78, 5) is 0. The van der Waals surface area contributed by atoms with Gasteiger partial charge in [0, 0.05) is 0 Å². The Morgan fingerprint density at radius 2 is 0.842 bits per heavy atom. The Bertz CT molecular complexity index is 191. The molecule has 0 spiro atoms. The fourth-order valence-corrected chi connectivity index (χ4v) is 10.2. The Hall–Kier alpha value is 0.720. The molecule has 0 N–H and O–H groups in total. The van der Waals surface area contributed by atoms with Crippen molar-refractivity contribution >= 4 is 17.2 Å². The van der Waals surface area contributed by atoms with E-state index in [4.69, 9.17) is 11.2 Å². The molecule has 0 amide bonds. The zero-order valence-electron chi connectivity index (χ0n) is 14.0. The van der Waals surface area contributed by atoms with Gasteiger partial charge < -0.3 is 0 Å². The van der Waals surface area contributed by atoms with Gasteiger partial charge in [-0.25, -0.2) is 0 Å². The molecule has 0 aromatic heterocycles. The fourth-order valence-electron chi connectivity index (χ4n) is 3.09. The topological polar surface area (TPSA) is 0 Å². The summed E-state index contributed by atoms with van der Waals surface area (Å²) in [5.74, 6) is -1.91. The van der Waals surface area contributed by atoms with Crippen molar-refractivity contribution < 1.29 is 0 Å². The molecule has 0 unspecified atom stereocenters. The van der Waals surface area contributed by atoms with Gasteiger partial charge in [0.05, 0.1) is 0 Å². The van der Waals surface area contributed by atoms with Crippen LogP contribution in [0.3, 0.4) is 0 Å². The van der Waals surface area contributed by atoms with Gasteiger partial charge in [-0.15, -0.1) is 0 Å². The first-order chi connectivity index (χ1) is 9.04. The molecule has 0 aliphatic rings. The predicted molar refractivity (Wildman–Crippen MR) is 96.5 cm³/mol. The zero-order chi connectivity index (χ0) is 14.6. The van der Waals surface area contributed by atoms with Gasteiger partial charge in [-0.1, -0.05) is 0 Å². The summed E-state index contributed by atoms with van der Waals surface area (Å²) < 4.78 is 0. The van der Waals surface area contributed by atoms with Crippen molar-refractivity contribution in [1.29, 1.82) is 0 Å². The Balaban J connectivity index is 4.81. The number of unbranched alkanes of at least 4 members (excludes halogenated alkanes) is 5. The molecule has 0 aliphatic carbocycles. The van der Waals surface area contributed by atoms with E-state index < -0.39 is 5.96 Å². The molecule has 0 atom stereocenters. The van der Waals surface area contributed by atoms with Crippen LogP contribution in [0.25, 0.3) is 0 Å². The maximum absolute atomic E-state index is 7.50. The molecule has 19 heavy (non-hydrogen) atoms. The van der Waals surface area contributed by atoms with Gasteiger partial charge in [0.25, 0.3) is 0 Å². The van der Waals surface area contributed by atoms with Crippen LogP contribution in [0.1, 0.15) is 85.5 Å². The molecule has 0 aromatic rings. The van der Waals surface area contributed by atoms with E-state index in [9.17, 15) is 0 Å². The van der Waals surface area contributed by atoms with Gasteiger partial charge in [-0.05, 0) is 0 Å². The molecule has 2 heteroatoms. The second kappa shape index (κ2) is 10.4. The second-order valence-corrected chi connectivity index (χ2v) is 14.8. The Morgan fingerprint density at radius 3 is 1.16 bits per heavy atom. The number of hydrogen-bond acceptors (Lipinski definition) is 0. The summed E-state index contributed by atoms with van der Waals surface area (Å²) in [6.45, 7) is 9.23. The molecule has 0 rings (SSSR count). The van der Waals surface area contributed by atoms with Crippen LogP contribution < -0.4 is 0 Å². The molecule has 0 saturated heterocycles. The van der Waals surface area contributed by atoms with Crippen LogP contribution >= 0.6 is 17.2 Å². The van der Waals surface area contributed by atoms with Crippen LogP contribution in [-0.4, -0.2) is 24.6 Å². The molecule has 0 fully saturated rings. The average Bonchev–Trinajstić information content (AvgIpc) is 2.42. The third-order valence-electron chi connectivity index (χ3n) is 4.53. The van der Waals surface area contributed by atoms with E-state index >= 15 is 0 Å². The molecule has 0 heterocycles. The number of hydrogen-bond donors (Lipinski definition) is 0. The maximum atomic E-state index is 7.50. The van der Waals surface area contributed by atoms with Crippen LogP contribution in [0, 0.1) is 0 Å². The van der Waals surface area contributed by atoms with Crippen LogP contribution in [0.5, 0.6) is 0 Å². The van der Waals surface area contributed by atoms with E-state index in [2.05, 4.69) is 27.7 Å². The first-order valence-electron chi connectivity index (χ1n) is 8.76. The molecule has 0 nitrogen and oxygen atoms in total. The van der Waals surface area contributed by atoms with Crippen LogP contribution in [0.15, 0.2) is 0 Å². The summed E-state index contributed by atoms with van der Waals surface area (Å²) in [6.07, 6.45) is 17.4. The van der Waals surface area contributed by atoms with Crippen LogP contribution in [-0.2, 0) is 0 Å². The fraction of sp³-hybridized carbons (Fsp3) is 1.00. The monoisotopic (exact) mass is 308 g/mol. The van der Waals surface area contributed by atoms with Gasteiger partial charge in [-0.3, -0.25) is 0 Å². The molecule has 118 valence electrons. The summed E-state index contributed by atoms with van der Waals surface area (Å²) in [5.41, 5.74) is 0. The molecular formula is C17H38ClP. The van der Waals surface area contributed by atoms with Crippen molar-refractivity contribution in [3.8, 4) is 0 Å². The van der Waals surface area contributed by atoms with E-state index in [1.807, 2.05) is 0 Å². The minimum absolute atomic E-state index is 1.30. The molecule has 0 radical (unpaired) electrons. The first kappa shape index (κ1) is 19.7. The summed E-state index contributed by atoms with van der Waals surface area (Å²) in [6, 6.07) is 0. The van der Waals surface area contributed by atoms with Crippen molar-refractivity contribution in [2.45, 2.75) is 85.5 Å². The van der Waals surface area contributed by atoms with Gasteiger partial charge in [0.1, 0.15) is 0 Å². The van der Waals surface area contributed by atoms with Gasteiger partial charge in [0.2, 0.25) is 0 Å². The molecule has 0 aromatic carbocycles. The predicted octanol–water partition coefficient (Wildman–Crippen LogP) is 7.28. The van der Waals surface area contributed by atoms with Gasteiger partial charge >= 0.3 is 127 Å². The summed E-state index contributed by atoms with van der Waals surface area (Å²) >= 11 is 7.50. The Labute approximate surface area is 127 Å². The summed E-state index contributed by atoms with van der Waals surface area (Å²) in [7, 11) is 0. The van der Waals surface area contributed by atoms with Crippen LogP contribution in [0.4, 0.5) is 0 Å². The average molecular weight is 309 g/mol. The van der Waals surface area contributed by atoms with E-state index in [1.54, 1.807) is 0 Å². The zero-order valence-corrected chi connectivity index (χ0v) is 15.7. The third kappa shape index (κ3) is 7.91. The van der Waals surface area contributed by atoms with E-state index in [1.165, 1.54) is 82.4 Å². The molecule has 0 bridgehead atoms. The van der Waals surface area contributed by atoms with Gasteiger partial charge in [-0.2, -0.15) is 0 Å². The SMILES string of the molecule is CCCCCP(Cl)(CCCC)(CCCC)CCCC. The minimum atomic E-state index is -1.91. The first-order valence-corrected chi connectivity index (χ1v) is 12.6. The van der Waals surface area contributed by atoms with E-state index in [-0.39, 0.29) is 0 Å². The molecule has 0 aliphatic heterocycles. The Kier molecular flexibility index (Phi) is 10.8. The number of rotatable bonds is 13. The summed E-state index contributed by atoms with van der Waals surface area (Å²) in [5, 5.41) is 0. The van der Waals surface area contributed by atoms with Gasteiger partial charge in [0.15, 0.2) is 0 Å². The molecular weight excluding hydrogens is 271 g/mol. The van der Waals surface area contributed by atoms with E-state index in [0.29, 0.717) is 0 Å². The van der Waals surface area contributed by atoms with E-state index in [0.717, 1.165) is 0 Å². The standard InChI is InChI=1S/C17H38ClP/c1-5-9-13-17-19(18,14-10-6-2,15-11-7-3)16-12-8-4/h5-17H2,1-4H3. The van der Waals surface area contributed by atoms with Crippen LogP contribution in [0.2, 0.25) is 0 Å². The number of halogens is 1. The van der Waals surface area contributed by atoms with Crippen molar-refractivity contribution in [1.82, 2.24) is 0 Å². The second-order valence-electron chi connectivity index (χ2n) is 6.48. The molecule has 0 saturated carbocycles. The van der Waals surface area contributed by atoms with Crippen molar-refractivity contribution in [3.63, 3.8) is 0 Å². The van der Waals surface area contributed by atoms with Crippen molar-refractivity contribution in [2.75, 3.05) is 24.6 Å².